The van der Waals surface area contributed by atoms with E-state index in [-0.39, 0.29) is 12.5 Å². The lowest BCUT2D eigenvalue weighted by Gasteiger charge is -2.08. The first kappa shape index (κ1) is 13.0. The third-order valence-corrected chi connectivity index (χ3v) is 2.99. The van der Waals surface area contributed by atoms with Crippen molar-refractivity contribution in [3.8, 4) is 5.75 Å². The quantitative estimate of drug-likeness (QED) is 0.639. The maximum atomic E-state index is 11.9. The van der Waals surface area contributed by atoms with Gasteiger partial charge in [-0.3, -0.25) is 9.89 Å². The second kappa shape index (κ2) is 5.54. The molecule has 6 nitrogen and oxygen atoms in total. The van der Waals surface area contributed by atoms with Crippen LogP contribution in [-0.2, 0) is 4.79 Å². The molecule has 0 fully saturated rings. The van der Waals surface area contributed by atoms with Gasteiger partial charge in [0, 0.05) is 17.1 Å². The zero-order chi connectivity index (χ0) is 14.7. The summed E-state index contributed by atoms with van der Waals surface area (Å²) >= 11 is 0. The Morgan fingerprint density at radius 2 is 2.14 bits per heavy atom. The van der Waals surface area contributed by atoms with E-state index < -0.39 is 0 Å². The van der Waals surface area contributed by atoms with E-state index in [1.54, 1.807) is 30.5 Å². The highest BCUT2D eigenvalue weighted by Gasteiger charge is 2.07. The fraction of sp³-hybridized carbons (Fsp3) is 0.0667. The van der Waals surface area contributed by atoms with Crippen LogP contribution in [0.25, 0.3) is 10.9 Å². The smallest absolute Gasteiger partial charge is 0.262 e. The Hall–Kier alpha value is -3.02. The largest absolute Gasteiger partial charge is 0.484 e. The van der Waals surface area contributed by atoms with E-state index in [9.17, 15) is 4.79 Å². The van der Waals surface area contributed by atoms with Gasteiger partial charge in [-0.25, -0.2) is 0 Å². The first-order chi connectivity index (χ1) is 10.2. The van der Waals surface area contributed by atoms with Gasteiger partial charge in [0.2, 0.25) is 0 Å². The summed E-state index contributed by atoms with van der Waals surface area (Å²) in [7, 11) is 0. The van der Waals surface area contributed by atoms with Crippen molar-refractivity contribution in [3.63, 3.8) is 0 Å². The molecule has 0 radical (unpaired) electrons. The van der Waals surface area contributed by atoms with Gasteiger partial charge in [0.25, 0.3) is 5.91 Å². The van der Waals surface area contributed by atoms with Crippen molar-refractivity contribution in [2.24, 2.45) is 0 Å². The predicted molar refractivity (Wildman–Crippen MR) is 81.1 cm³/mol. The van der Waals surface area contributed by atoms with Crippen LogP contribution in [0.15, 0.2) is 48.7 Å². The average molecular weight is 282 g/mol. The average Bonchev–Trinajstić information content (AvgIpc) is 2.95. The van der Waals surface area contributed by atoms with Crippen LogP contribution in [-0.4, -0.2) is 22.7 Å². The van der Waals surface area contributed by atoms with E-state index in [1.807, 2.05) is 18.2 Å². The van der Waals surface area contributed by atoms with E-state index in [0.29, 0.717) is 17.1 Å². The number of hydrogen-bond acceptors (Lipinski definition) is 4. The molecule has 1 heterocycles. The Morgan fingerprint density at radius 1 is 1.29 bits per heavy atom. The number of nitrogens with zero attached hydrogens (tertiary/aromatic N) is 1. The van der Waals surface area contributed by atoms with Crippen LogP contribution in [0.1, 0.15) is 0 Å². The van der Waals surface area contributed by atoms with E-state index in [4.69, 9.17) is 10.5 Å². The number of amides is 1. The molecular weight excluding hydrogens is 268 g/mol. The molecule has 3 aromatic rings. The minimum absolute atomic E-state index is 0.0856. The Morgan fingerprint density at radius 3 is 3.00 bits per heavy atom. The minimum Gasteiger partial charge on any atom is -0.484 e. The van der Waals surface area contributed by atoms with Crippen LogP contribution in [0, 0.1) is 0 Å². The Kier molecular flexibility index (Phi) is 3.42. The van der Waals surface area contributed by atoms with Crippen LogP contribution >= 0.6 is 0 Å². The molecule has 1 amide bonds. The number of rotatable bonds is 4. The summed E-state index contributed by atoms with van der Waals surface area (Å²) in [5.74, 6) is 0.317. The van der Waals surface area contributed by atoms with Gasteiger partial charge >= 0.3 is 0 Å². The second-order valence-electron chi connectivity index (χ2n) is 4.55. The summed E-state index contributed by atoms with van der Waals surface area (Å²) in [5, 5.41) is 10.5. The summed E-state index contributed by atoms with van der Waals surface area (Å²) in [5.41, 5.74) is 7.80. The first-order valence-electron chi connectivity index (χ1n) is 6.43. The molecule has 0 aliphatic carbocycles. The van der Waals surface area contributed by atoms with Crippen molar-refractivity contribution in [1.29, 1.82) is 0 Å². The molecule has 21 heavy (non-hydrogen) atoms. The number of nitrogen functional groups attached to an aromatic ring is 1. The predicted octanol–water partition coefficient (Wildman–Crippen LogP) is 2.16. The topological polar surface area (TPSA) is 93.0 Å². The van der Waals surface area contributed by atoms with Crippen molar-refractivity contribution in [1.82, 2.24) is 10.2 Å². The fourth-order valence-corrected chi connectivity index (χ4v) is 2.02. The SMILES string of the molecule is Nc1cccc(OCC(=O)Nc2cccc3[nH]ncc23)c1. The molecule has 106 valence electrons. The maximum absolute atomic E-state index is 11.9. The highest BCUT2D eigenvalue weighted by molar-refractivity contribution is 6.01. The van der Waals surface area contributed by atoms with E-state index >= 15 is 0 Å². The van der Waals surface area contributed by atoms with Gasteiger partial charge in [-0.1, -0.05) is 12.1 Å². The number of nitrogens with one attached hydrogen (secondary N) is 2. The molecule has 1 aromatic heterocycles. The number of carbonyl (C=O) groups excluding carboxylic acids is 1. The highest BCUT2D eigenvalue weighted by Crippen LogP contribution is 2.21. The lowest BCUT2D eigenvalue weighted by Crippen LogP contribution is -2.20. The van der Waals surface area contributed by atoms with E-state index in [2.05, 4.69) is 15.5 Å². The van der Waals surface area contributed by atoms with Crippen LogP contribution < -0.4 is 15.8 Å². The second-order valence-corrected chi connectivity index (χ2v) is 4.55. The molecule has 0 atom stereocenters. The third-order valence-electron chi connectivity index (χ3n) is 2.99. The summed E-state index contributed by atoms with van der Waals surface area (Å²) in [6.45, 7) is -0.0856. The normalized spacial score (nSPS) is 10.5. The zero-order valence-electron chi connectivity index (χ0n) is 11.2. The molecule has 0 unspecified atom stereocenters. The van der Waals surface area contributed by atoms with Gasteiger partial charge in [0.1, 0.15) is 5.75 Å². The van der Waals surface area contributed by atoms with Crippen molar-refractivity contribution in [2.75, 3.05) is 17.7 Å². The Labute approximate surface area is 120 Å². The van der Waals surface area contributed by atoms with Crippen LogP contribution in [0.4, 0.5) is 11.4 Å². The third kappa shape index (κ3) is 2.94. The number of carbonyl (C=O) groups is 1. The maximum Gasteiger partial charge on any atom is 0.262 e. The van der Waals surface area contributed by atoms with Gasteiger partial charge in [0.05, 0.1) is 17.4 Å². The number of H-pyrrole nitrogens is 1. The molecule has 6 heteroatoms. The number of ether oxygens (including phenoxy) is 1. The Balaban J connectivity index is 1.65. The molecule has 0 saturated carbocycles. The number of anilines is 2. The lowest BCUT2D eigenvalue weighted by molar-refractivity contribution is -0.118. The molecule has 3 rings (SSSR count). The van der Waals surface area contributed by atoms with Crippen molar-refractivity contribution in [3.05, 3.63) is 48.7 Å². The molecule has 0 saturated heterocycles. The summed E-state index contributed by atoms with van der Waals surface area (Å²) in [6.07, 6.45) is 1.67. The van der Waals surface area contributed by atoms with E-state index in [1.165, 1.54) is 0 Å². The summed E-state index contributed by atoms with van der Waals surface area (Å²) < 4.78 is 5.40. The standard InChI is InChI=1S/C15H14N4O2/c16-10-3-1-4-11(7-10)21-9-15(20)18-13-5-2-6-14-12(13)8-17-19-14/h1-8H,9,16H2,(H,17,19)(H,18,20). The molecular formula is C15H14N4O2. The molecule has 0 bridgehead atoms. The number of hydrogen-bond donors (Lipinski definition) is 3. The number of aromatic nitrogens is 2. The monoisotopic (exact) mass is 282 g/mol. The molecule has 2 aromatic carbocycles. The van der Waals surface area contributed by atoms with Gasteiger partial charge in [-0.15, -0.1) is 0 Å². The fourth-order valence-electron chi connectivity index (χ4n) is 2.02. The minimum atomic E-state index is -0.244. The zero-order valence-corrected chi connectivity index (χ0v) is 11.2. The van der Waals surface area contributed by atoms with Crippen LogP contribution in [0.2, 0.25) is 0 Å². The van der Waals surface area contributed by atoms with Crippen molar-refractivity contribution in [2.45, 2.75) is 0 Å². The highest BCUT2D eigenvalue weighted by atomic mass is 16.5. The van der Waals surface area contributed by atoms with E-state index in [0.717, 1.165) is 10.9 Å². The number of aromatic amines is 1. The van der Waals surface area contributed by atoms with Gasteiger partial charge in [-0.05, 0) is 24.3 Å². The first-order valence-corrected chi connectivity index (χ1v) is 6.43. The summed E-state index contributed by atoms with van der Waals surface area (Å²) in [4.78, 5) is 11.9. The molecule has 0 aliphatic heterocycles. The lowest BCUT2D eigenvalue weighted by atomic mass is 10.2. The number of nitrogens with two attached hydrogens (primary N) is 1. The molecule has 0 spiro atoms. The van der Waals surface area contributed by atoms with Crippen LogP contribution in [0.5, 0.6) is 5.75 Å². The van der Waals surface area contributed by atoms with Crippen molar-refractivity contribution >= 4 is 28.2 Å². The van der Waals surface area contributed by atoms with Gasteiger partial charge in [0.15, 0.2) is 6.61 Å². The van der Waals surface area contributed by atoms with Crippen LogP contribution in [0.3, 0.4) is 0 Å². The van der Waals surface area contributed by atoms with Gasteiger partial charge < -0.3 is 15.8 Å². The van der Waals surface area contributed by atoms with Gasteiger partial charge in [-0.2, -0.15) is 5.10 Å². The van der Waals surface area contributed by atoms with Crippen molar-refractivity contribution < 1.29 is 9.53 Å². The molecule has 0 aliphatic rings. The summed E-state index contributed by atoms with van der Waals surface area (Å²) in [6, 6.07) is 12.5. The number of fused-ring (bicyclic) bond motifs is 1. The Bertz CT molecular complexity index is 782. The number of benzene rings is 2. The molecule has 4 N–H and O–H groups in total.